The number of hydrogen-bond donors (Lipinski definition) is 0. The van der Waals surface area contributed by atoms with Crippen LogP contribution in [0.25, 0.3) is 0 Å². The van der Waals surface area contributed by atoms with Gasteiger partial charge in [-0.3, -0.25) is 4.79 Å². The second kappa shape index (κ2) is 9.35. The molecule has 2 rings (SSSR count). The first-order chi connectivity index (χ1) is 12.0. The second-order valence-corrected chi connectivity index (χ2v) is 11.1. The minimum absolute atomic E-state index is 0.215. The van der Waals surface area contributed by atoms with E-state index in [2.05, 4.69) is 25.2 Å². The summed E-state index contributed by atoms with van der Waals surface area (Å²) in [5.41, 5.74) is 0.930. The molecule has 0 aliphatic carbocycles. The lowest BCUT2D eigenvalue weighted by molar-refractivity contribution is -0.141. The van der Waals surface area contributed by atoms with Crippen molar-refractivity contribution >= 4 is 19.2 Å². The summed E-state index contributed by atoms with van der Waals surface area (Å²) in [5, 5.41) is 1.26. The van der Waals surface area contributed by atoms with Crippen LogP contribution in [0.4, 0.5) is 0 Å². The maximum Gasteiger partial charge on any atom is 0.302 e. The van der Waals surface area contributed by atoms with Gasteiger partial charge in [0.1, 0.15) is 13.8 Å². The van der Waals surface area contributed by atoms with E-state index >= 15 is 0 Å². The molecule has 2 aromatic carbocycles. The van der Waals surface area contributed by atoms with E-state index in [1.54, 1.807) is 0 Å². The van der Waals surface area contributed by atoms with Gasteiger partial charge in [-0.1, -0.05) is 85.0 Å². The fourth-order valence-electron chi connectivity index (χ4n) is 2.64. The summed E-state index contributed by atoms with van der Waals surface area (Å²) in [7, 11) is -1.98. The molecule has 0 fully saturated rings. The SMILES string of the molecule is CC(=O)O[C@@H](/C=C/COCc1ccccc1)[Si](C)(C)c1ccccc1. The van der Waals surface area contributed by atoms with Crippen LogP contribution in [0.1, 0.15) is 12.5 Å². The smallest absolute Gasteiger partial charge is 0.302 e. The third-order valence-electron chi connectivity index (χ3n) is 4.16. The first-order valence-electron chi connectivity index (χ1n) is 8.51. The topological polar surface area (TPSA) is 35.5 Å². The highest BCUT2D eigenvalue weighted by Crippen LogP contribution is 2.15. The van der Waals surface area contributed by atoms with Crippen LogP contribution >= 0.6 is 0 Å². The van der Waals surface area contributed by atoms with E-state index < -0.39 is 8.07 Å². The zero-order chi connectivity index (χ0) is 18.1. The molecule has 0 N–H and O–H groups in total. The molecule has 0 unspecified atom stereocenters. The van der Waals surface area contributed by atoms with Gasteiger partial charge in [0.05, 0.1) is 13.2 Å². The quantitative estimate of drug-likeness (QED) is 0.313. The fraction of sp³-hybridized carbons (Fsp3) is 0.286. The largest absolute Gasteiger partial charge is 0.462 e. The van der Waals surface area contributed by atoms with Gasteiger partial charge < -0.3 is 9.47 Å². The summed E-state index contributed by atoms with van der Waals surface area (Å²) in [6.45, 7) is 6.95. The molecule has 0 heterocycles. The van der Waals surface area contributed by atoms with E-state index in [0.717, 1.165) is 5.56 Å². The molecule has 3 nitrogen and oxygen atoms in total. The molecule has 132 valence electrons. The van der Waals surface area contributed by atoms with Gasteiger partial charge in [0, 0.05) is 6.92 Å². The van der Waals surface area contributed by atoms with E-state index in [0.29, 0.717) is 13.2 Å². The zero-order valence-electron chi connectivity index (χ0n) is 15.1. The number of carbonyl (C=O) groups is 1. The summed E-state index contributed by atoms with van der Waals surface area (Å²) in [6.07, 6.45) is 3.93. The molecule has 0 aliphatic rings. The number of carbonyl (C=O) groups excluding carboxylic acids is 1. The van der Waals surface area contributed by atoms with Crippen LogP contribution < -0.4 is 5.19 Å². The molecule has 4 heteroatoms. The molecule has 1 atom stereocenters. The van der Waals surface area contributed by atoms with Crippen LogP contribution in [0.2, 0.25) is 13.1 Å². The van der Waals surface area contributed by atoms with Gasteiger partial charge in [0.25, 0.3) is 0 Å². The standard InChI is InChI=1S/C21H26O3Si/c1-18(22)24-21(25(2,3)20-13-8-5-9-14-20)15-10-16-23-17-19-11-6-4-7-12-19/h4-15,21H,16-17H2,1-3H3/b15-10+/t21-/m1/s1. The second-order valence-electron chi connectivity index (χ2n) is 6.55. The molecular weight excluding hydrogens is 328 g/mol. The van der Waals surface area contributed by atoms with Gasteiger partial charge in [-0.05, 0) is 11.6 Å². The van der Waals surface area contributed by atoms with E-state index in [1.807, 2.05) is 60.7 Å². The molecule has 0 bridgehead atoms. The predicted octanol–water partition coefficient (Wildman–Crippen LogP) is 3.85. The maximum atomic E-state index is 11.5. The minimum Gasteiger partial charge on any atom is -0.462 e. The van der Waals surface area contributed by atoms with Crippen LogP contribution in [-0.2, 0) is 20.9 Å². The number of rotatable bonds is 8. The van der Waals surface area contributed by atoms with Crippen molar-refractivity contribution in [2.24, 2.45) is 0 Å². The molecule has 0 radical (unpaired) electrons. The van der Waals surface area contributed by atoms with Gasteiger partial charge in [-0.25, -0.2) is 0 Å². The zero-order valence-corrected chi connectivity index (χ0v) is 16.1. The van der Waals surface area contributed by atoms with Gasteiger partial charge >= 0.3 is 5.97 Å². The Balaban J connectivity index is 1.98. The molecule has 0 aliphatic heterocycles. The van der Waals surface area contributed by atoms with Gasteiger partial charge in [0.15, 0.2) is 0 Å². The monoisotopic (exact) mass is 354 g/mol. The van der Waals surface area contributed by atoms with E-state index in [-0.39, 0.29) is 11.7 Å². The van der Waals surface area contributed by atoms with Crippen molar-refractivity contribution in [3.63, 3.8) is 0 Å². The minimum atomic E-state index is -1.98. The first kappa shape index (κ1) is 19.2. The van der Waals surface area contributed by atoms with Crippen LogP contribution in [0.3, 0.4) is 0 Å². The number of hydrogen-bond acceptors (Lipinski definition) is 3. The number of benzene rings is 2. The number of ether oxygens (including phenoxy) is 2. The lowest BCUT2D eigenvalue weighted by atomic mass is 10.2. The summed E-state index contributed by atoms with van der Waals surface area (Å²) in [4.78, 5) is 11.5. The molecule has 0 amide bonds. The van der Waals surface area contributed by atoms with Gasteiger partial charge in [-0.15, -0.1) is 0 Å². The predicted molar refractivity (Wildman–Crippen MR) is 104 cm³/mol. The van der Waals surface area contributed by atoms with E-state index in [4.69, 9.17) is 9.47 Å². The fourth-order valence-corrected chi connectivity index (χ4v) is 5.09. The van der Waals surface area contributed by atoms with Crippen LogP contribution in [-0.4, -0.2) is 26.4 Å². The third-order valence-corrected chi connectivity index (χ3v) is 7.71. The lowest BCUT2D eigenvalue weighted by Crippen LogP contribution is -2.53. The molecule has 0 saturated heterocycles. The van der Waals surface area contributed by atoms with Crippen molar-refractivity contribution in [1.82, 2.24) is 0 Å². The molecule has 0 spiro atoms. The Bertz CT molecular complexity index is 681. The van der Waals surface area contributed by atoms with Crippen molar-refractivity contribution in [1.29, 1.82) is 0 Å². The van der Waals surface area contributed by atoms with Crippen molar-refractivity contribution in [3.05, 3.63) is 78.4 Å². The number of esters is 1. The van der Waals surface area contributed by atoms with E-state index in [1.165, 1.54) is 12.1 Å². The third kappa shape index (κ3) is 6.00. The molecule has 0 saturated carbocycles. The average Bonchev–Trinajstić information content (AvgIpc) is 2.61. The summed E-state index contributed by atoms with van der Waals surface area (Å²) in [5.74, 6) is -0.253. The molecule has 25 heavy (non-hydrogen) atoms. The Morgan fingerprint density at radius 3 is 2.24 bits per heavy atom. The highest BCUT2D eigenvalue weighted by Gasteiger charge is 2.34. The van der Waals surface area contributed by atoms with Crippen molar-refractivity contribution in [2.75, 3.05) is 6.61 Å². The lowest BCUT2D eigenvalue weighted by Gasteiger charge is -2.30. The van der Waals surface area contributed by atoms with Crippen molar-refractivity contribution in [3.8, 4) is 0 Å². The summed E-state index contributed by atoms with van der Waals surface area (Å²) >= 11 is 0. The van der Waals surface area contributed by atoms with Crippen LogP contribution in [0, 0.1) is 0 Å². The molecular formula is C21H26O3Si. The maximum absolute atomic E-state index is 11.5. The average molecular weight is 355 g/mol. The summed E-state index contributed by atoms with van der Waals surface area (Å²) < 4.78 is 11.3. The Kier molecular flexibility index (Phi) is 7.16. The Hall–Kier alpha value is -2.17. The van der Waals surface area contributed by atoms with E-state index in [9.17, 15) is 4.79 Å². The van der Waals surface area contributed by atoms with Crippen LogP contribution in [0.5, 0.6) is 0 Å². The Morgan fingerprint density at radius 1 is 1.04 bits per heavy atom. The van der Waals surface area contributed by atoms with Crippen molar-refractivity contribution < 1.29 is 14.3 Å². The van der Waals surface area contributed by atoms with Crippen LogP contribution in [0.15, 0.2) is 72.8 Å². The Morgan fingerprint density at radius 2 is 1.64 bits per heavy atom. The van der Waals surface area contributed by atoms with Gasteiger partial charge in [0.2, 0.25) is 0 Å². The Labute approximate surface area is 151 Å². The normalized spacial score (nSPS) is 12.9. The molecule has 2 aromatic rings. The van der Waals surface area contributed by atoms with Gasteiger partial charge in [-0.2, -0.15) is 0 Å². The first-order valence-corrected chi connectivity index (χ1v) is 11.6. The highest BCUT2D eigenvalue weighted by atomic mass is 28.3. The van der Waals surface area contributed by atoms with Crippen molar-refractivity contribution in [2.45, 2.75) is 32.4 Å². The summed E-state index contributed by atoms with van der Waals surface area (Å²) in [6, 6.07) is 20.4. The molecule has 0 aromatic heterocycles. The highest BCUT2D eigenvalue weighted by molar-refractivity contribution is 6.91.